The van der Waals surface area contributed by atoms with Gasteiger partial charge in [-0.3, -0.25) is 9.97 Å². The van der Waals surface area contributed by atoms with Crippen molar-refractivity contribution in [2.45, 2.75) is 0 Å². The van der Waals surface area contributed by atoms with Gasteiger partial charge in [-0.1, -0.05) is 0 Å². The summed E-state index contributed by atoms with van der Waals surface area (Å²) in [6.45, 7) is 0. The molecule has 0 aliphatic carbocycles. The molecule has 18 heavy (non-hydrogen) atoms. The summed E-state index contributed by atoms with van der Waals surface area (Å²) in [6, 6.07) is 7.67. The van der Waals surface area contributed by atoms with E-state index in [0.717, 1.165) is 22.8 Å². The first-order valence-corrected chi connectivity index (χ1v) is 5.56. The maximum absolute atomic E-state index is 4.23. The quantitative estimate of drug-likeness (QED) is 0.683. The third kappa shape index (κ3) is 1.75. The van der Waals surface area contributed by atoms with Gasteiger partial charge in [-0.25, -0.2) is 0 Å². The molecule has 5 heteroatoms. The molecule has 3 aromatic rings. The van der Waals surface area contributed by atoms with Crippen LogP contribution in [-0.4, -0.2) is 24.7 Å². The number of nitrogens with zero attached hydrogens (tertiary/aromatic N) is 5. The fourth-order valence-electron chi connectivity index (χ4n) is 1.83. The Labute approximate surface area is 104 Å². The van der Waals surface area contributed by atoms with Crippen LogP contribution in [0.2, 0.25) is 0 Å². The summed E-state index contributed by atoms with van der Waals surface area (Å²) < 4.78 is 1.96. The van der Waals surface area contributed by atoms with Crippen molar-refractivity contribution >= 4 is 0 Å². The van der Waals surface area contributed by atoms with Crippen molar-refractivity contribution in [3.63, 3.8) is 0 Å². The predicted molar refractivity (Wildman–Crippen MR) is 67.5 cm³/mol. The fraction of sp³-hybridized carbons (Fsp3) is 0.0769. The topological polar surface area (TPSA) is 56.5 Å². The van der Waals surface area contributed by atoms with Gasteiger partial charge < -0.3 is 4.57 Å². The first kappa shape index (κ1) is 10.6. The van der Waals surface area contributed by atoms with E-state index in [0.29, 0.717) is 0 Å². The normalized spacial score (nSPS) is 10.5. The lowest BCUT2D eigenvalue weighted by atomic mass is 10.2. The molecule has 0 atom stereocenters. The Bertz CT molecular complexity index is 589. The van der Waals surface area contributed by atoms with Crippen molar-refractivity contribution < 1.29 is 0 Å². The molecule has 0 saturated heterocycles. The summed E-state index contributed by atoms with van der Waals surface area (Å²) >= 11 is 0. The maximum atomic E-state index is 4.23. The molecule has 0 radical (unpaired) electrons. The third-order valence-electron chi connectivity index (χ3n) is 2.75. The largest absolute Gasteiger partial charge is 0.310 e. The highest BCUT2D eigenvalue weighted by Gasteiger charge is 2.11. The van der Waals surface area contributed by atoms with Crippen molar-refractivity contribution in [3.05, 3.63) is 49.1 Å². The van der Waals surface area contributed by atoms with Crippen molar-refractivity contribution in [2.75, 3.05) is 0 Å². The second-order valence-corrected chi connectivity index (χ2v) is 3.88. The Kier molecular flexibility index (Phi) is 2.57. The zero-order chi connectivity index (χ0) is 12.4. The van der Waals surface area contributed by atoms with Crippen molar-refractivity contribution in [2.24, 2.45) is 7.05 Å². The highest BCUT2D eigenvalue weighted by Crippen LogP contribution is 2.21. The molecular weight excluding hydrogens is 226 g/mol. The zero-order valence-corrected chi connectivity index (χ0v) is 9.85. The Hall–Kier alpha value is -2.56. The summed E-state index contributed by atoms with van der Waals surface area (Å²) in [5.74, 6) is 1.65. The summed E-state index contributed by atoms with van der Waals surface area (Å²) in [4.78, 5) is 8.00. The van der Waals surface area contributed by atoms with Crippen LogP contribution in [-0.2, 0) is 7.05 Å². The van der Waals surface area contributed by atoms with E-state index in [9.17, 15) is 0 Å². The summed E-state index contributed by atoms with van der Waals surface area (Å²) in [5, 5.41) is 8.45. The molecular formula is C13H11N5. The van der Waals surface area contributed by atoms with Gasteiger partial charge in [0.2, 0.25) is 0 Å². The van der Waals surface area contributed by atoms with Crippen LogP contribution >= 0.6 is 0 Å². The number of aromatic nitrogens is 5. The van der Waals surface area contributed by atoms with E-state index in [1.54, 1.807) is 24.8 Å². The van der Waals surface area contributed by atoms with Crippen LogP contribution in [0.15, 0.2) is 49.1 Å². The molecule has 0 spiro atoms. The Morgan fingerprint density at radius 3 is 1.50 bits per heavy atom. The van der Waals surface area contributed by atoms with Crippen LogP contribution in [0, 0.1) is 0 Å². The second-order valence-electron chi connectivity index (χ2n) is 3.88. The minimum atomic E-state index is 0.823. The first-order valence-electron chi connectivity index (χ1n) is 5.56. The van der Waals surface area contributed by atoms with Gasteiger partial charge in [0.15, 0.2) is 11.6 Å². The van der Waals surface area contributed by atoms with Crippen molar-refractivity contribution in [1.29, 1.82) is 0 Å². The lowest BCUT2D eigenvalue weighted by molar-refractivity contribution is 0.929. The van der Waals surface area contributed by atoms with Crippen LogP contribution < -0.4 is 0 Å². The molecule has 5 nitrogen and oxygen atoms in total. The summed E-state index contributed by atoms with van der Waals surface area (Å²) in [6.07, 6.45) is 6.98. The number of rotatable bonds is 2. The summed E-state index contributed by atoms with van der Waals surface area (Å²) in [7, 11) is 1.95. The molecule has 0 bridgehead atoms. The predicted octanol–water partition coefficient (Wildman–Crippen LogP) is 1.94. The molecule has 3 aromatic heterocycles. The molecule has 3 rings (SSSR count). The van der Waals surface area contributed by atoms with Gasteiger partial charge in [-0.15, -0.1) is 10.2 Å². The van der Waals surface area contributed by atoms with Gasteiger partial charge in [0, 0.05) is 43.0 Å². The third-order valence-corrected chi connectivity index (χ3v) is 2.75. The molecule has 0 unspecified atom stereocenters. The monoisotopic (exact) mass is 237 g/mol. The van der Waals surface area contributed by atoms with Gasteiger partial charge >= 0.3 is 0 Å². The van der Waals surface area contributed by atoms with E-state index < -0.39 is 0 Å². The van der Waals surface area contributed by atoms with Crippen LogP contribution in [0.4, 0.5) is 0 Å². The molecule has 0 aromatic carbocycles. The smallest absolute Gasteiger partial charge is 0.164 e. The standard InChI is InChI=1S/C13H11N5/c1-18-12(10-2-6-14-7-3-10)16-17-13(18)11-4-8-15-9-5-11/h2-9H,1H3. The Morgan fingerprint density at radius 2 is 1.11 bits per heavy atom. The first-order chi connectivity index (χ1) is 8.86. The average molecular weight is 237 g/mol. The van der Waals surface area contributed by atoms with E-state index in [4.69, 9.17) is 0 Å². The van der Waals surface area contributed by atoms with Crippen LogP contribution in [0.1, 0.15) is 0 Å². The van der Waals surface area contributed by atoms with Crippen LogP contribution in [0.5, 0.6) is 0 Å². The van der Waals surface area contributed by atoms with Crippen molar-refractivity contribution in [1.82, 2.24) is 24.7 Å². The molecule has 0 aliphatic rings. The van der Waals surface area contributed by atoms with Gasteiger partial charge in [0.05, 0.1) is 0 Å². The maximum Gasteiger partial charge on any atom is 0.164 e. The number of pyridine rings is 2. The molecule has 0 fully saturated rings. The second kappa shape index (κ2) is 4.37. The number of hydrogen-bond acceptors (Lipinski definition) is 4. The average Bonchev–Trinajstić information content (AvgIpc) is 2.83. The van der Waals surface area contributed by atoms with E-state index >= 15 is 0 Å². The number of hydrogen-bond donors (Lipinski definition) is 0. The molecule has 88 valence electrons. The molecule has 0 aliphatic heterocycles. The van der Waals surface area contributed by atoms with Gasteiger partial charge in [0.25, 0.3) is 0 Å². The van der Waals surface area contributed by atoms with Crippen LogP contribution in [0.3, 0.4) is 0 Å². The van der Waals surface area contributed by atoms with Crippen LogP contribution in [0.25, 0.3) is 22.8 Å². The lowest BCUT2D eigenvalue weighted by Crippen LogP contribution is -1.95. The van der Waals surface area contributed by atoms with Gasteiger partial charge in [0.1, 0.15) is 0 Å². The summed E-state index contributed by atoms with van der Waals surface area (Å²) in [5.41, 5.74) is 2.00. The SMILES string of the molecule is Cn1c(-c2ccncc2)nnc1-c1ccncc1. The van der Waals surface area contributed by atoms with Gasteiger partial charge in [-0.05, 0) is 24.3 Å². The molecule has 0 saturated carbocycles. The minimum Gasteiger partial charge on any atom is -0.310 e. The fourth-order valence-corrected chi connectivity index (χ4v) is 1.83. The highest BCUT2D eigenvalue weighted by molar-refractivity contribution is 5.61. The minimum absolute atomic E-state index is 0.823. The van der Waals surface area contributed by atoms with E-state index in [1.165, 1.54) is 0 Å². The Morgan fingerprint density at radius 1 is 0.722 bits per heavy atom. The molecule has 0 N–H and O–H groups in total. The van der Waals surface area contributed by atoms with Crippen molar-refractivity contribution in [3.8, 4) is 22.8 Å². The van der Waals surface area contributed by atoms with E-state index in [-0.39, 0.29) is 0 Å². The Balaban J connectivity index is 2.09. The highest BCUT2D eigenvalue weighted by atomic mass is 15.3. The van der Waals surface area contributed by atoms with Gasteiger partial charge in [-0.2, -0.15) is 0 Å². The molecule has 0 amide bonds. The molecule has 3 heterocycles. The zero-order valence-electron chi connectivity index (χ0n) is 9.85. The lowest BCUT2D eigenvalue weighted by Gasteiger charge is -2.03. The van der Waals surface area contributed by atoms with E-state index in [1.807, 2.05) is 35.9 Å². The van der Waals surface area contributed by atoms with E-state index in [2.05, 4.69) is 20.2 Å².